The molecule has 0 atom stereocenters. The van der Waals surface area contributed by atoms with Crippen LogP contribution in [0.5, 0.6) is 17.4 Å². The second-order valence-corrected chi connectivity index (χ2v) is 4.72. The van der Waals surface area contributed by atoms with E-state index in [1.165, 1.54) is 0 Å². The van der Waals surface area contributed by atoms with Crippen molar-refractivity contribution in [3.63, 3.8) is 0 Å². The molecule has 23 heavy (non-hydrogen) atoms. The van der Waals surface area contributed by atoms with E-state index in [1.54, 1.807) is 25.1 Å². The van der Waals surface area contributed by atoms with Gasteiger partial charge in [0.05, 0.1) is 6.61 Å². The summed E-state index contributed by atoms with van der Waals surface area (Å²) in [6, 6.07) is 9.32. The molecule has 7 heteroatoms. The lowest BCUT2D eigenvalue weighted by molar-refractivity contribution is -0.377. The zero-order valence-electron chi connectivity index (χ0n) is 12.3. The number of nitriles is 2. The number of hydrogen-bond donors (Lipinski definition) is 1. The van der Waals surface area contributed by atoms with E-state index in [-0.39, 0.29) is 29.6 Å². The standard InChI is InChI=1S/C16H12N4O3/c1-2-21-16-11(7-18)14(10(6-17)15(19)20-16)9-3-4-12-13(5-9)23-8-22-12/h3-5H,2,8H2,1H3,(H2,19,20)/p+1. The maximum atomic E-state index is 9.54. The number of benzene rings is 1. The summed E-state index contributed by atoms with van der Waals surface area (Å²) in [5.74, 6) is 1.55. The molecule has 0 saturated heterocycles. The minimum absolute atomic E-state index is 0.141. The molecular formula is C16H13N4O3+. The molecule has 7 nitrogen and oxygen atoms in total. The molecule has 1 aliphatic rings. The molecule has 0 unspecified atom stereocenters. The molecule has 3 N–H and O–H groups in total. The molecule has 0 amide bonds. The molecular weight excluding hydrogens is 296 g/mol. The maximum absolute atomic E-state index is 9.54. The smallest absolute Gasteiger partial charge is 0.301 e. The summed E-state index contributed by atoms with van der Waals surface area (Å²) in [5.41, 5.74) is 7.36. The van der Waals surface area contributed by atoms with Crippen LogP contribution in [0.4, 0.5) is 5.82 Å². The van der Waals surface area contributed by atoms with Gasteiger partial charge >= 0.3 is 5.88 Å². The predicted molar refractivity (Wildman–Crippen MR) is 79.6 cm³/mol. The number of aromatic nitrogens is 1. The summed E-state index contributed by atoms with van der Waals surface area (Å²) < 4.78 is 16.1. The fraction of sp³-hybridized carbons (Fsp3) is 0.188. The van der Waals surface area contributed by atoms with Crippen molar-refractivity contribution in [3.05, 3.63) is 29.3 Å². The lowest BCUT2D eigenvalue weighted by Gasteiger charge is -2.10. The van der Waals surface area contributed by atoms with Gasteiger partial charge in [-0.15, -0.1) is 0 Å². The van der Waals surface area contributed by atoms with Crippen molar-refractivity contribution in [1.82, 2.24) is 0 Å². The van der Waals surface area contributed by atoms with Crippen LogP contribution in [0.3, 0.4) is 0 Å². The predicted octanol–water partition coefficient (Wildman–Crippen LogP) is 1.62. The van der Waals surface area contributed by atoms with Crippen molar-refractivity contribution in [3.8, 4) is 40.6 Å². The van der Waals surface area contributed by atoms with Crippen molar-refractivity contribution in [2.24, 2.45) is 0 Å². The molecule has 1 aromatic carbocycles. The topological polar surface area (TPSA) is 115 Å². The zero-order chi connectivity index (χ0) is 16.4. The molecule has 0 saturated carbocycles. The number of anilines is 1. The van der Waals surface area contributed by atoms with Gasteiger partial charge in [0.1, 0.15) is 17.7 Å². The van der Waals surface area contributed by atoms with E-state index in [0.717, 1.165) is 0 Å². The van der Waals surface area contributed by atoms with Gasteiger partial charge in [-0.3, -0.25) is 5.73 Å². The van der Waals surface area contributed by atoms with E-state index < -0.39 is 0 Å². The van der Waals surface area contributed by atoms with E-state index in [9.17, 15) is 10.5 Å². The first kappa shape index (κ1) is 14.5. The molecule has 0 spiro atoms. The van der Waals surface area contributed by atoms with Crippen LogP contribution < -0.4 is 24.9 Å². The fourth-order valence-electron chi connectivity index (χ4n) is 2.44. The zero-order valence-corrected chi connectivity index (χ0v) is 12.3. The quantitative estimate of drug-likeness (QED) is 0.921. The normalized spacial score (nSPS) is 11.6. The van der Waals surface area contributed by atoms with Crippen LogP contribution in [-0.2, 0) is 0 Å². The van der Waals surface area contributed by atoms with Crippen LogP contribution in [0, 0.1) is 22.7 Å². The number of nitrogens with zero attached hydrogens (tertiary/aromatic N) is 2. The second-order valence-electron chi connectivity index (χ2n) is 4.72. The Labute approximate surface area is 132 Å². The van der Waals surface area contributed by atoms with Crippen molar-refractivity contribution in [2.75, 3.05) is 19.1 Å². The summed E-state index contributed by atoms with van der Waals surface area (Å²) in [5, 5.41) is 19.0. The van der Waals surface area contributed by atoms with Crippen LogP contribution in [0.2, 0.25) is 0 Å². The number of pyridine rings is 1. The summed E-state index contributed by atoms with van der Waals surface area (Å²) in [6.07, 6.45) is 0. The van der Waals surface area contributed by atoms with Gasteiger partial charge in [0, 0.05) is 5.56 Å². The maximum Gasteiger partial charge on any atom is 0.301 e. The first-order valence-corrected chi connectivity index (χ1v) is 6.91. The Morgan fingerprint density at radius 1 is 1.22 bits per heavy atom. The van der Waals surface area contributed by atoms with Crippen molar-refractivity contribution >= 4 is 5.82 Å². The molecule has 0 bridgehead atoms. The molecule has 2 aromatic rings. The largest absolute Gasteiger partial charge is 0.462 e. The summed E-state index contributed by atoms with van der Waals surface area (Å²) >= 11 is 0. The van der Waals surface area contributed by atoms with E-state index in [1.807, 2.05) is 6.07 Å². The van der Waals surface area contributed by atoms with Gasteiger partial charge in [-0.2, -0.15) is 10.5 Å². The Morgan fingerprint density at radius 3 is 2.65 bits per heavy atom. The van der Waals surface area contributed by atoms with Crippen LogP contribution in [0.15, 0.2) is 18.2 Å². The van der Waals surface area contributed by atoms with E-state index in [0.29, 0.717) is 29.2 Å². The van der Waals surface area contributed by atoms with Gasteiger partial charge in [0.25, 0.3) is 5.82 Å². The SMILES string of the molecule is CCOc1[nH+]c(N)c(C#N)c(-c2ccc3c(c2)OCO3)c1C#N. The third-order valence-corrected chi connectivity index (χ3v) is 3.42. The van der Waals surface area contributed by atoms with Gasteiger partial charge in [0.2, 0.25) is 6.79 Å². The number of nitrogen functional groups attached to an aromatic ring is 1. The van der Waals surface area contributed by atoms with Gasteiger partial charge < -0.3 is 14.2 Å². The number of nitrogens with two attached hydrogens (primary N) is 1. The van der Waals surface area contributed by atoms with Crippen LogP contribution >= 0.6 is 0 Å². The summed E-state index contributed by atoms with van der Waals surface area (Å²) in [7, 11) is 0. The van der Waals surface area contributed by atoms with Crippen molar-refractivity contribution < 1.29 is 19.2 Å². The van der Waals surface area contributed by atoms with Gasteiger partial charge in [-0.1, -0.05) is 6.07 Å². The second kappa shape index (κ2) is 5.74. The number of rotatable bonds is 3. The number of nitrogens with one attached hydrogen (secondary N) is 1. The van der Waals surface area contributed by atoms with Gasteiger partial charge in [0.15, 0.2) is 17.1 Å². The highest BCUT2D eigenvalue weighted by Crippen LogP contribution is 2.39. The summed E-state index contributed by atoms with van der Waals surface area (Å²) in [4.78, 5) is 2.76. The first-order chi connectivity index (χ1) is 11.2. The Balaban J connectivity index is 2.29. The minimum Gasteiger partial charge on any atom is -0.462 e. The lowest BCUT2D eigenvalue weighted by Crippen LogP contribution is -2.19. The summed E-state index contributed by atoms with van der Waals surface area (Å²) in [6.45, 7) is 2.30. The molecule has 1 aromatic heterocycles. The third kappa shape index (κ3) is 2.34. The fourth-order valence-corrected chi connectivity index (χ4v) is 2.44. The number of aromatic amines is 1. The van der Waals surface area contributed by atoms with Crippen LogP contribution in [0.1, 0.15) is 18.1 Å². The number of fused-ring (bicyclic) bond motifs is 1. The number of hydrogen-bond acceptors (Lipinski definition) is 6. The first-order valence-electron chi connectivity index (χ1n) is 6.91. The Bertz CT molecular complexity index is 865. The van der Waals surface area contributed by atoms with Crippen LogP contribution in [-0.4, -0.2) is 13.4 Å². The molecule has 3 rings (SSSR count). The number of ether oxygens (including phenoxy) is 3. The monoisotopic (exact) mass is 309 g/mol. The third-order valence-electron chi connectivity index (χ3n) is 3.42. The Morgan fingerprint density at radius 2 is 1.96 bits per heavy atom. The van der Waals surface area contributed by atoms with E-state index >= 15 is 0 Å². The molecule has 0 aliphatic carbocycles. The Kier molecular flexibility index (Phi) is 3.62. The van der Waals surface area contributed by atoms with Crippen molar-refractivity contribution in [1.29, 1.82) is 10.5 Å². The molecule has 114 valence electrons. The van der Waals surface area contributed by atoms with E-state index in [4.69, 9.17) is 19.9 Å². The molecule has 0 radical (unpaired) electrons. The molecule has 2 heterocycles. The van der Waals surface area contributed by atoms with Gasteiger partial charge in [-0.05, 0) is 24.6 Å². The Hall–Kier alpha value is -3.45. The lowest BCUT2D eigenvalue weighted by atomic mass is 9.96. The number of H-pyrrole nitrogens is 1. The highest BCUT2D eigenvalue weighted by Gasteiger charge is 2.26. The van der Waals surface area contributed by atoms with Crippen LogP contribution in [0.25, 0.3) is 11.1 Å². The van der Waals surface area contributed by atoms with E-state index in [2.05, 4.69) is 11.1 Å². The van der Waals surface area contributed by atoms with Gasteiger partial charge in [-0.25, -0.2) is 4.98 Å². The highest BCUT2D eigenvalue weighted by molar-refractivity contribution is 5.82. The average Bonchev–Trinajstić information content (AvgIpc) is 3.02. The molecule has 0 fully saturated rings. The van der Waals surface area contributed by atoms with Crippen molar-refractivity contribution in [2.45, 2.75) is 6.92 Å². The highest BCUT2D eigenvalue weighted by atomic mass is 16.7. The minimum atomic E-state index is 0.141. The molecule has 1 aliphatic heterocycles. The average molecular weight is 309 g/mol.